The molecule has 1 aromatic heterocycles. The maximum absolute atomic E-state index is 4.71. The van der Waals surface area contributed by atoms with Gasteiger partial charge in [-0.2, -0.15) is 0 Å². The quantitative estimate of drug-likeness (QED) is 0.808. The molecule has 1 aromatic rings. The highest BCUT2D eigenvalue weighted by Crippen LogP contribution is 2.38. The number of rotatable bonds is 7. The summed E-state index contributed by atoms with van der Waals surface area (Å²) in [5.74, 6) is 3.53. The van der Waals surface area contributed by atoms with E-state index >= 15 is 0 Å². The molecule has 2 fully saturated rings. The molecule has 1 saturated carbocycles. The van der Waals surface area contributed by atoms with Gasteiger partial charge in [0.2, 0.25) is 0 Å². The van der Waals surface area contributed by atoms with Gasteiger partial charge < -0.3 is 10.6 Å². The zero-order valence-electron chi connectivity index (χ0n) is 13.2. The van der Waals surface area contributed by atoms with E-state index in [9.17, 15) is 0 Å². The van der Waals surface area contributed by atoms with E-state index in [0.717, 1.165) is 37.1 Å². The lowest BCUT2D eigenvalue weighted by Gasteiger charge is -2.23. The lowest BCUT2D eigenvalue weighted by atomic mass is 10.2. The number of nitrogens with one attached hydrogen (secondary N) is 2. The van der Waals surface area contributed by atoms with Crippen molar-refractivity contribution < 1.29 is 0 Å². The van der Waals surface area contributed by atoms with Crippen molar-refractivity contribution in [1.29, 1.82) is 0 Å². The summed E-state index contributed by atoms with van der Waals surface area (Å²) in [6.07, 6.45) is 5.09. The van der Waals surface area contributed by atoms with E-state index < -0.39 is 0 Å². The Bertz CT molecular complexity index is 472. The average molecular weight is 289 g/mol. The van der Waals surface area contributed by atoms with Crippen molar-refractivity contribution in [1.82, 2.24) is 14.9 Å². The minimum Gasteiger partial charge on any atom is -0.370 e. The van der Waals surface area contributed by atoms with E-state index in [1.807, 2.05) is 6.07 Å². The van der Waals surface area contributed by atoms with Crippen LogP contribution in [0.1, 0.15) is 51.3 Å². The Morgan fingerprint density at radius 2 is 1.90 bits per heavy atom. The minimum absolute atomic E-state index is 0.586. The van der Waals surface area contributed by atoms with Crippen LogP contribution in [-0.4, -0.2) is 47.1 Å². The number of aromatic nitrogens is 2. The summed E-state index contributed by atoms with van der Waals surface area (Å²) in [5.41, 5.74) is 0. The number of likely N-dealkylation sites (N-methyl/N-ethyl adjacent to an activating group) is 1. The summed E-state index contributed by atoms with van der Waals surface area (Å²) >= 11 is 0. The molecule has 2 heterocycles. The van der Waals surface area contributed by atoms with Crippen molar-refractivity contribution in [3.05, 3.63) is 11.9 Å². The molecule has 0 amide bonds. The molecule has 1 saturated heterocycles. The number of anilines is 2. The van der Waals surface area contributed by atoms with Crippen LogP contribution >= 0.6 is 0 Å². The Morgan fingerprint density at radius 3 is 2.57 bits per heavy atom. The molecule has 1 aliphatic heterocycles. The first-order chi connectivity index (χ1) is 10.3. The summed E-state index contributed by atoms with van der Waals surface area (Å²) in [4.78, 5) is 11.9. The van der Waals surface area contributed by atoms with Crippen LogP contribution in [0.2, 0.25) is 0 Å². The number of nitrogens with zero attached hydrogens (tertiary/aromatic N) is 3. The highest BCUT2D eigenvalue weighted by molar-refractivity contribution is 5.48. The van der Waals surface area contributed by atoms with Crippen LogP contribution in [0.25, 0.3) is 0 Å². The third kappa shape index (κ3) is 3.64. The maximum Gasteiger partial charge on any atom is 0.136 e. The maximum atomic E-state index is 4.71. The Balaban J connectivity index is 1.66. The van der Waals surface area contributed by atoms with Crippen LogP contribution in [-0.2, 0) is 0 Å². The van der Waals surface area contributed by atoms with Gasteiger partial charge in [0, 0.05) is 31.1 Å². The molecule has 0 bridgehead atoms. The van der Waals surface area contributed by atoms with Crippen LogP contribution in [0.15, 0.2) is 6.07 Å². The molecule has 116 valence electrons. The van der Waals surface area contributed by atoms with Crippen molar-refractivity contribution in [3.63, 3.8) is 0 Å². The van der Waals surface area contributed by atoms with Gasteiger partial charge in [0.1, 0.15) is 17.5 Å². The summed E-state index contributed by atoms with van der Waals surface area (Å²) in [7, 11) is 0. The SMILES string of the molecule is CCNc1cc(NCC2CCCN2CC)nc(C2CC2)n1. The normalized spacial score (nSPS) is 22.5. The highest BCUT2D eigenvalue weighted by Gasteiger charge is 2.28. The molecule has 0 spiro atoms. The van der Waals surface area contributed by atoms with Crippen molar-refractivity contribution in [3.8, 4) is 0 Å². The van der Waals surface area contributed by atoms with Crippen molar-refractivity contribution in [2.24, 2.45) is 0 Å². The van der Waals surface area contributed by atoms with Gasteiger partial charge in [-0.3, -0.25) is 4.90 Å². The molecule has 2 N–H and O–H groups in total. The minimum atomic E-state index is 0.586. The lowest BCUT2D eigenvalue weighted by Crippen LogP contribution is -2.34. The predicted molar refractivity (Wildman–Crippen MR) is 86.9 cm³/mol. The van der Waals surface area contributed by atoms with Gasteiger partial charge in [0.25, 0.3) is 0 Å². The first-order valence-corrected chi connectivity index (χ1v) is 8.41. The smallest absolute Gasteiger partial charge is 0.136 e. The van der Waals surface area contributed by atoms with E-state index in [2.05, 4.69) is 34.4 Å². The third-order valence-electron chi connectivity index (χ3n) is 4.47. The van der Waals surface area contributed by atoms with Gasteiger partial charge in [-0.15, -0.1) is 0 Å². The first-order valence-electron chi connectivity index (χ1n) is 8.41. The van der Waals surface area contributed by atoms with Crippen molar-refractivity contribution >= 4 is 11.6 Å². The summed E-state index contributed by atoms with van der Waals surface area (Å²) in [6.45, 7) is 8.61. The fourth-order valence-corrected chi connectivity index (χ4v) is 3.12. The third-order valence-corrected chi connectivity index (χ3v) is 4.47. The summed E-state index contributed by atoms with van der Waals surface area (Å²) in [6, 6.07) is 2.69. The molecule has 1 atom stereocenters. The standard InChI is InChI=1S/C16H27N5/c1-3-17-14-10-15(20-16(19-14)12-7-8-12)18-11-13-6-5-9-21(13)4-2/h10,12-13H,3-9,11H2,1-2H3,(H2,17,18,19,20). The summed E-state index contributed by atoms with van der Waals surface area (Å²) < 4.78 is 0. The topological polar surface area (TPSA) is 53.1 Å². The zero-order valence-corrected chi connectivity index (χ0v) is 13.2. The average Bonchev–Trinajstić information content (AvgIpc) is 3.24. The van der Waals surface area contributed by atoms with Crippen molar-refractivity contribution in [2.75, 3.05) is 36.8 Å². The molecule has 5 heteroatoms. The molecule has 0 radical (unpaired) electrons. The van der Waals surface area contributed by atoms with Crippen molar-refractivity contribution in [2.45, 2.75) is 51.5 Å². The number of hydrogen-bond acceptors (Lipinski definition) is 5. The Labute approximate surface area is 127 Å². The van der Waals surface area contributed by atoms with Crippen LogP contribution in [0, 0.1) is 0 Å². The monoisotopic (exact) mass is 289 g/mol. The molecular weight excluding hydrogens is 262 g/mol. The van der Waals surface area contributed by atoms with Gasteiger partial charge in [0.15, 0.2) is 0 Å². The molecule has 21 heavy (non-hydrogen) atoms. The molecule has 0 aromatic carbocycles. The fourth-order valence-electron chi connectivity index (χ4n) is 3.12. The van der Waals surface area contributed by atoms with Gasteiger partial charge in [-0.05, 0) is 45.7 Å². The molecule has 3 rings (SSSR count). The molecule has 1 aliphatic carbocycles. The van der Waals surface area contributed by atoms with Gasteiger partial charge in [-0.1, -0.05) is 6.92 Å². The van der Waals surface area contributed by atoms with Crippen LogP contribution in [0.3, 0.4) is 0 Å². The second-order valence-electron chi connectivity index (χ2n) is 6.11. The number of likely N-dealkylation sites (tertiary alicyclic amines) is 1. The molecule has 1 unspecified atom stereocenters. The molecule has 2 aliphatic rings. The predicted octanol–water partition coefficient (Wildman–Crippen LogP) is 2.68. The van der Waals surface area contributed by atoms with Crippen LogP contribution in [0.4, 0.5) is 11.6 Å². The van der Waals surface area contributed by atoms with Crippen LogP contribution in [0.5, 0.6) is 0 Å². The Kier molecular flexibility index (Phi) is 4.58. The first kappa shape index (κ1) is 14.6. The second kappa shape index (κ2) is 6.60. The van der Waals surface area contributed by atoms with Gasteiger partial charge in [0.05, 0.1) is 0 Å². The van der Waals surface area contributed by atoms with E-state index in [4.69, 9.17) is 4.98 Å². The highest BCUT2D eigenvalue weighted by atomic mass is 15.2. The lowest BCUT2D eigenvalue weighted by molar-refractivity contribution is 0.277. The number of hydrogen-bond donors (Lipinski definition) is 2. The Morgan fingerprint density at radius 1 is 1.14 bits per heavy atom. The molecule has 5 nitrogen and oxygen atoms in total. The van der Waals surface area contributed by atoms with E-state index in [-0.39, 0.29) is 0 Å². The fraction of sp³-hybridized carbons (Fsp3) is 0.750. The van der Waals surface area contributed by atoms with E-state index in [1.54, 1.807) is 0 Å². The zero-order chi connectivity index (χ0) is 14.7. The summed E-state index contributed by atoms with van der Waals surface area (Å²) in [5, 5.41) is 6.86. The van der Waals surface area contributed by atoms with Gasteiger partial charge in [-0.25, -0.2) is 9.97 Å². The largest absolute Gasteiger partial charge is 0.370 e. The van der Waals surface area contributed by atoms with E-state index in [0.29, 0.717) is 12.0 Å². The van der Waals surface area contributed by atoms with Crippen LogP contribution < -0.4 is 10.6 Å². The molecular formula is C16H27N5. The van der Waals surface area contributed by atoms with Gasteiger partial charge >= 0.3 is 0 Å². The van der Waals surface area contributed by atoms with E-state index in [1.165, 1.54) is 32.2 Å². The second-order valence-corrected chi connectivity index (χ2v) is 6.11. The Hall–Kier alpha value is -1.36.